The second kappa shape index (κ2) is 6.70. The fourth-order valence-corrected chi connectivity index (χ4v) is 2.67. The van der Waals surface area contributed by atoms with Crippen LogP contribution in [0.15, 0.2) is 18.2 Å². The molecular weight excluding hydrogens is 280 g/mol. The largest absolute Gasteiger partial charge is 0.481 e. The molecule has 1 fully saturated rings. The first-order valence-electron chi connectivity index (χ1n) is 6.70. The van der Waals surface area contributed by atoms with Crippen molar-refractivity contribution in [1.29, 1.82) is 0 Å². The number of aliphatic carboxylic acids is 1. The van der Waals surface area contributed by atoms with E-state index in [2.05, 4.69) is 4.98 Å². The van der Waals surface area contributed by atoms with E-state index in [1.807, 2.05) is 0 Å². The molecule has 20 heavy (non-hydrogen) atoms. The molecule has 0 aromatic carbocycles. The number of pyridine rings is 1. The number of carbonyl (C=O) groups is 2. The minimum atomic E-state index is -0.787. The van der Waals surface area contributed by atoms with Gasteiger partial charge in [0.25, 0.3) is 5.91 Å². The topological polar surface area (TPSA) is 70.5 Å². The van der Waals surface area contributed by atoms with E-state index in [0.717, 1.165) is 12.8 Å². The van der Waals surface area contributed by atoms with E-state index >= 15 is 0 Å². The van der Waals surface area contributed by atoms with Crippen molar-refractivity contribution in [2.45, 2.75) is 25.7 Å². The van der Waals surface area contributed by atoms with Crippen molar-refractivity contribution < 1.29 is 14.7 Å². The van der Waals surface area contributed by atoms with Gasteiger partial charge in [0.05, 0.1) is 0 Å². The van der Waals surface area contributed by atoms with E-state index in [1.54, 1.807) is 23.1 Å². The Balaban J connectivity index is 1.98. The Labute approximate surface area is 122 Å². The van der Waals surface area contributed by atoms with Crippen LogP contribution < -0.4 is 0 Å². The SMILES string of the molecule is O=C(O)CCC1CCCN(C(=O)c2cccc(Cl)n2)C1. The van der Waals surface area contributed by atoms with Crippen LogP contribution in [0.5, 0.6) is 0 Å². The molecule has 6 heteroatoms. The number of rotatable bonds is 4. The summed E-state index contributed by atoms with van der Waals surface area (Å²) in [6.45, 7) is 1.29. The van der Waals surface area contributed by atoms with Crippen LogP contribution in [0, 0.1) is 5.92 Å². The first-order valence-corrected chi connectivity index (χ1v) is 7.07. The van der Waals surface area contributed by atoms with Gasteiger partial charge in [-0.05, 0) is 37.3 Å². The fraction of sp³-hybridized carbons (Fsp3) is 0.500. The molecule has 0 saturated carbocycles. The van der Waals surface area contributed by atoms with Gasteiger partial charge in [-0.2, -0.15) is 0 Å². The zero-order valence-electron chi connectivity index (χ0n) is 11.1. The molecule has 1 unspecified atom stereocenters. The summed E-state index contributed by atoms with van der Waals surface area (Å²) < 4.78 is 0. The number of hydrogen-bond donors (Lipinski definition) is 1. The zero-order valence-corrected chi connectivity index (χ0v) is 11.8. The van der Waals surface area contributed by atoms with Crippen molar-refractivity contribution in [2.75, 3.05) is 13.1 Å². The third kappa shape index (κ3) is 3.93. The van der Waals surface area contributed by atoms with Crippen molar-refractivity contribution in [3.8, 4) is 0 Å². The maximum Gasteiger partial charge on any atom is 0.303 e. The third-order valence-corrected chi connectivity index (χ3v) is 3.72. The monoisotopic (exact) mass is 296 g/mol. The van der Waals surface area contributed by atoms with Gasteiger partial charge in [-0.1, -0.05) is 17.7 Å². The van der Waals surface area contributed by atoms with Gasteiger partial charge < -0.3 is 10.0 Å². The molecule has 1 aromatic rings. The van der Waals surface area contributed by atoms with Crippen molar-refractivity contribution in [1.82, 2.24) is 9.88 Å². The number of aromatic nitrogens is 1. The molecule has 0 aliphatic carbocycles. The van der Waals surface area contributed by atoms with E-state index < -0.39 is 5.97 Å². The molecule has 108 valence electrons. The number of likely N-dealkylation sites (tertiary alicyclic amines) is 1. The average molecular weight is 297 g/mol. The van der Waals surface area contributed by atoms with Crippen LogP contribution in [0.25, 0.3) is 0 Å². The highest BCUT2D eigenvalue weighted by atomic mass is 35.5. The lowest BCUT2D eigenvalue weighted by molar-refractivity contribution is -0.137. The molecule has 1 atom stereocenters. The summed E-state index contributed by atoms with van der Waals surface area (Å²) in [6, 6.07) is 4.98. The molecule has 2 rings (SSSR count). The van der Waals surface area contributed by atoms with E-state index in [9.17, 15) is 9.59 Å². The van der Waals surface area contributed by atoms with Crippen LogP contribution in [0.2, 0.25) is 5.15 Å². The average Bonchev–Trinajstić information content (AvgIpc) is 2.44. The first kappa shape index (κ1) is 14.8. The van der Waals surface area contributed by atoms with Gasteiger partial charge in [0.2, 0.25) is 0 Å². The Kier molecular flexibility index (Phi) is 4.95. The summed E-state index contributed by atoms with van der Waals surface area (Å²) in [5.74, 6) is -0.666. The summed E-state index contributed by atoms with van der Waals surface area (Å²) in [7, 11) is 0. The number of amides is 1. The van der Waals surface area contributed by atoms with Gasteiger partial charge in [-0.3, -0.25) is 9.59 Å². The lowest BCUT2D eigenvalue weighted by Gasteiger charge is -2.32. The van der Waals surface area contributed by atoms with E-state index in [4.69, 9.17) is 16.7 Å². The van der Waals surface area contributed by atoms with Gasteiger partial charge >= 0.3 is 5.97 Å². The highest BCUT2D eigenvalue weighted by molar-refractivity contribution is 6.29. The fourth-order valence-electron chi connectivity index (χ4n) is 2.50. The molecule has 1 saturated heterocycles. The van der Waals surface area contributed by atoms with E-state index in [1.165, 1.54) is 0 Å². The predicted octanol–water partition coefficient (Wildman–Crippen LogP) is 2.45. The second-order valence-corrected chi connectivity index (χ2v) is 5.42. The molecular formula is C14H17ClN2O3. The first-order chi connectivity index (χ1) is 9.56. The van der Waals surface area contributed by atoms with Gasteiger partial charge in [-0.25, -0.2) is 4.98 Å². The van der Waals surface area contributed by atoms with Crippen LogP contribution in [-0.4, -0.2) is 40.0 Å². The summed E-state index contributed by atoms with van der Waals surface area (Å²) >= 11 is 5.79. The lowest BCUT2D eigenvalue weighted by atomic mass is 9.93. The van der Waals surface area contributed by atoms with Crippen LogP contribution in [0.1, 0.15) is 36.2 Å². The number of halogens is 1. The summed E-state index contributed by atoms with van der Waals surface area (Å²) in [5.41, 5.74) is 0.344. The van der Waals surface area contributed by atoms with Crippen molar-refractivity contribution >= 4 is 23.5 Å². The number of carboxylic acid groups (broad SMARTS) is 1. The highest BCUT2D eigenvalue weighted by Crippen LogP contribution is 2.22. The predicted molar refractivity (Wildman–Crippen MR) is 74.7 cm³/mol. The summed E-state index contributed by atoms with van der Waals surface area (Å²) in [6.07, 6.45) is 2.64. The van der Waals surface area contributed by atoms with Gasteiger partial charge in [0.15, 0.2) is 0 Å². The van der Waals surface area contributed by atoms with Crippen LogP contribution in [0.4, 0.5) is 0 Å². The molecule has 0 spiro atoms. The van der Waals surface area contributed by atoms with E-state index in [0.29, 0.717) is 30.4 Å². The smallest absolute Gasteiger partial charge is 0.303 e. The number of nitrogens with zero attached hydrogens (tertiary/aromatic N) is 2. The minimum Gasteiger partial charge on any atom is -0.481 e. The highest BCUT2D eigenvalue weighted by Gasteiger charge is 2.25. The second-order valence-electron chi connectivity index (χ2n) is 5.04. The molecule has 1 aromatic heterocycles. The third-order valence-electron chi connectivity index (χ3n) is 3.51. The zero-order chi connectivity index (χ0) is 14.5. The Bertz CT molecular complexity index is 507. The van der Waals surface area contributed by atoms with Gasteiger partial charge in [0.1, 0.15) is 10.8 Å². The summed E-state index contributed by atoms with van der Waals surface area (Å²) in [4.78, 5) is 28.7. The normalized spacial score (nSPS) is 18.9. The maximum atomic E-state index is 12.3. The Morgan fingerprint density at radius 3 is 2.95 bits per heavy atom. The molecule has 1 aliphatic rings. The Hall–Kier alpha value is -1.62. The van der Waals surface area contributed by atoms with Crippen LogP contribution in [-0.2, 0) is 4.79 Å². The lowest BCUT2D eigenvalue weighted by Crippen LogP contribution is -2.40. The Morgan fingerprint density at radius 1 is 1.45 bits per heavy atom. The quantitative estimate of drug-likeness (QED) is 0.866. The van der Waals surface area contributed by atoms with Crippen molar-refractivity contribution in [2.24, 2.45) is 5.92 Å². The van der Waals surface area contributed by atoms with Gasteiger partial charge in [0, 0.05) is 19.5 Å². The molecule has 5 nitrogen and oxygen atoms in total. The maximum absolute atomic E-state index is 12.3. The van der Waals surface area contributed by atoms with Crippen molar-refractivity contribution in [3.05, 3.63) is 29.0 Å². The summed E-state index contributed by atoms with van der Waals surface area (Å²) in [5, 5.41) is 9.02. The van der Waals surface area contributed by atoms with E-state index in [-0.39, 0.29) is 18.2 Å². The Morgan fingerprint density at radius 2 is 2.25 bits per heavy atom. The standard InChI is InChI=1S/C14H17ClN2O3/c15-12-5-1-4-11(16-12)14(20)17-8-2-3-10(9-17)6-7-13(18)19/h1,4-5,10H,2-3,6-9H2,(H,18,19). The van der Waals surface area contributed by atoms with Crippen LogP contribution >= 0.6 is 11.6 Å². The number of piperidine rings is 1. The minimum absolute atomic E-state index is 0.132. The number of carbonyl (C=O) groups excluding carboxylic acids is 1. The molecule has 0 radical (unpaired) electrons. The van der Waals surface area contributed by atoms with Crippen LogP contribution in [0.3, 0.4) is 0 Å². The molecule has 1 N–H and O–H groups in total. The molecule has 2 heterocycles. The number of carboxylic acids is 1. The molecule has 0 bridgehead atoms. The van der Waals surface area contributed by atoms with Gasteiger partial charge in [-0.15, -0.1) is 0 Å². The molecule has 1 amide bonds. The number of hydrogen-bond acceptors (Lipinski definition) is 3. The van der Waals surface area contributed by atoms with Crippen molar-refractivity contribution in [3.63, 3.8) is 0 Å². The molecule has 1 aliphatic heterocycles.